The minimum absolute atomic E-state index is 0.101. The summed E-state index contributed by atoms with van der Waals surface area (Å²) in [5.41, 5.74) is 0. The zero-order valence-corrected chi connectivity index (χ0v) is 42.6. The molecule has 2 atom stereocenters. The average molecular weight is 915 g/mol. The highest BCUT2D eigenvalue weighted by molar-refractivity contribution is 5.82. The van der Waals surface area contributed by atoms with Gasteiger partial charge in [-0.15, -0.1) is 0 Å². The van der Waals surface area contributed by atoms with Crippen LogP contribution in [-0.2, 0) is 33.5 Å². The van der Waals surface area contributed by atoms with Crippen molar-refractivity contribution in [1.82, 2.24) is 0 Å². The van der Waals surface area contributed by atoms with E-state index in [-0.39, 0.29) is 37.7 Å². The van der Waals surface area contributed by atoms with Gasteiger partial charge in [-0.3, -0.25) is 14.8 Å². The van der Waals surface area contributed by atoms with Crippen molar-refractivity contribution in [3.8, 4) is 0 Å². The third-order valence-electron chi connectivity index (χ3n) is 12.1. The van der Waals surface area contributed by atoms with Gasteiger partial charge in [0.25, 0.3) is 0 Å². The third kappa shape index (κ3) is 49.0. The van der Waals surface area contributed by atoms with Crippen molar-refractivity contribution in [2.45, 2.75) is 283 Å². The molecule has 0 aliphatic heterocycles. The lowest BCUT2D eigenvalue weighted by Crippen LogP contribution is -2.30. The smallest absolute Gasteiger partial charge is 0.330 e. The second-order valence-corrected chi connectivity index (χ2v) is 18.4. The van der Waals surface area contributed by atoms with E-state index in [1.807, 2.05) is 12.2 Å². The molecule has 0 saturated carbocycles. The standard InChI is InChI=1S/C57H102O8/c1-4-7-10-13-16-18-20-22-24-26-28-30-32-38-43-48-55(58)62-51-54(64-57(60)50-45-40-33-31-29-27-25-23-21-19-17-14-11-8-5-2)52-63-56(59)49-44-39-35-34-37-42-47-53(65-61)46-41-36-15-12-9-6-3/h22-25,35,39,44,49,53-54,61H,4-21,26-34,36-38,40-43,45-48,50-52H2,1-3H3/b24-22-,25-23-,39-35?,49-44?. The minimum atomic E-state index is -0.857. The van der Waals surface area contributed by atoms with Gasteiger partial charge in [-0.05, 0) is 89.9 Å². The maximum absolute atomic E-state index is 12.8. The summed E-state index contributed by atoms with van der Waals surface area (Å²) in [4.78, 5) is 42.7. The highest BCUT2D eigenvalue weighted by Gasteiger charge is 2.19. The summed E-state index contributed by atoms with van der Waals surface area (Å²) < 4.78 is 16.6. The molecule has 0 saturated heterocycles. The Labute approximate surface area is 400 Å². The molecular formula is C57H102O8. The van der Waals surface area contributed by atoms with Crippen molar-refractivity contribution in [2.75, 3.05) is 13.2 Å². The Morgan fingerprint density at radius 2 is 0.769 bits per heavy atom. The van der Waals surface area contributed by atoms with Crippen LogP contribution >= 0.6 is 0 Å². The van der Waals surface area contributed by atoms with Crippen LogP contribution < -0.4 is 0 Å². The third-order valence-corrected chi connectivity index (χ3v) is 12.1. The molecule has 1 N–H and O–H groups in total. The largest absolute Gasteiger partial charge is 0.462 e. The first-order chi connectivity index (χ1) is 32.0. The number of unbranched alkanes of at least 4 members (excludes halogenated alkanes) is 29. The topological polar surface area (TPSA) is 108 Å². The molecule has 0 rings (SSSR count). The van der Waals surface area contributed by atoms with Crippen molar-refractivity contribution in [3.05, 3.63) is 48.6 Å². The summed E-state index contributed by atoms with van der Waals surface area (Å²) in [5.74, 6) is -1.24. The highest BCUT2D eigenvalue weighted by atomic mass is 17.1. The molecule has 0 heterocycles. The predicted molar refractivity (Wildman–Crippen MR) is 273 cm³/mol. The average Bonchev–Trinajstić information content (AvgIpc) is 3.31. The van der Waals surface area contributed by atoms with Gasteiger partial charge < -0.3 is 14.2 Å². The van der Waals surface area contributed by atoms with Crippen LogP contribution in [0.5, 0.6) is 0 Å². The number of hydrogen-bond acceptors (Lipinski definition) is 8. The molecule has 65 heavy (non-hydrogen) atoms. The van der Waals surface area contributed by atoms with Gasteiger partial charge in [0.2, 0.25) is 0 Å². The number of esters is 3. The van der Waals surface area contributed by atoms with Crippen LogP contribution in [0.3, 0.4) is 0 Å². The number of carbonyl (C=O) groups excluding carboxylic acids is 3. The Bertz CT molecular complexity index is 1160. The fourth-order valence-electron chi connectivity index (χ4n) is 7.87. The Morgan fingerprint density at radius 3 is 1.25 bits per heavy atom. The van der Waals surface area contributed by atoms with Gasteiger partial charge >= 0.3 is 17.9 Å². The molecule has 0 aliphatic carbocycles. The van der Waals surface area contributed by atoms with Gasteiger partial charge in [-0.2, -0.15) is 0 Å². The Kier molecular flexibility index (Phi) is 50.1. The SMILES string of the molecule is CCCCCCCC/C=C\CCCCCCCC(=O)OCC(COC(=O)C=CC=CCCCCC(CCCCCCCC)OO)OC(=O)CCCCCCC/C=C\CCCCCCCC. The first-order valence-electron chi connectivity index (χ1n) is 27.4. The lowest BCUT2D eigenvalue weighted by atomic mass is 10.0. The van der Waals surface area contributed by atoms with E-state index < -0.39 is 12.1 Å². The Morgan fingerprint density at radius 1 is 0.400 bits per heavy atom. The van der Waals surface area contributed by atoms with Crippen molar-refractivity contribution < 1.29 is 38.7 Å². The van der Waals surface area contributed by atoms with Crippen LogP contribution in [0, 0.1) is 0 Å². The normalized spacial score (nSPS) is 12.9. The summed E-state index contributed by atoms with van der Waals surface area (Å²) in [7, 11) is 0. The van der Waals surface area contributed by atoms with E-state index in [1.54, 1.807) is 6.08 Å². The van der Waals surface area contributed by atoms with Crippen molar-refractivity contribution >= 4 is 17.9 Å². The van der Waals surface area contributed by atoms with Crippen LogP contribution in [0.4, 0.5) is 0 Å². The molecule has 0 aromatic heterocycles. The molecule has 0 aromatic carbocycles. The van der Waals surface area contributed by atoms with Crippen LogP contribution in [-0.4, -0.2) is 48.6 Å². The molecule has 0 amide bonds. The van der Waals surface area contributed by atoms with E-state index in [1.165, 1.54) is 141 Å². The quantitative estimate of drug-likeness (QED) is 0.00939. The number of rotatable bonds is 50. The van der Waals surface area contributed by atoms with E-state index in [2.05, 4.69) is 45.1 Å². The molecule has 0 bridgehead atoms. The van der Waals surface area contributed by atoms with Crippen LogP contribution in [0.15, 0.2) is 48.6 Å². The summed E-state index contributed by atoms with van der Waals surface area (Å²) >= 11 is 0. The highest BCUT2D eigenvalue weighted by Crippen LogP contribution is 2.16. The molecule has 0 spiro atoms. The number of hydrogen-bond donors (Lipinski definition) is 1. The Balaban J connectivity index is 4.58. The van der Waals surface area contributed by atoms with Gasteiger partial charge in [-0.1, -0.05) is 211 Å². The van der Waals surface area contributed by atoms with E-state index in [4.69, 9.17) is 19.1 Å². The maximum Gasteiger partial charge on any atom is 0.330 e. The second kappa shape index (κ2) is 52.3. The molecule has 0 fully saturated rings. The van der Waals surface area contributed by atoms with Gasteiger partial charge in [0.15, 0.2) is 6.10 Å². The second-order valence-electron chi connectivity index (χ2n) is 18.4. The fraction of sp³-hybridized carbons (Fsp3) is 0.807. The molecule has 378 valence electrons. The number of allylic oxidation sites excluding steroid dienone is 7. The molecule has 8 nitrogen and oxygen atoms in total. The number of ether oxygens (including phenoxy) is 3. The van der Waals surface area contributed by atoms with Crippen molar-refractivity contribution in [3.63, 3.8) is 0 Å². The van der Waals surface area contributed by atoms with Gasteiger partial charge in [0.1, 0.15) is 13.2 Å². The zero-order valence-electron chi connectivity index (χ0n) is 42.6. The van der Waals surface area contributed by atoms with Crippen molar-refractivity contribution in [2.24, 2.45) is 0 Å². The van der Waals surface area contributed by atoms with Crippen LogP contribution in [0.2, 0.25) is 0 Å². The molecular weight excluding hydrogens is 813 g/mol. The summed E-state index contributed by atoms with van der Waals surface area (Å²) in [6.07, 6.45) is 58.4. The molecule has 0 radical (unpaired) electrons. The van der Waals surface area contributed by atoms with E-state index in [9.17, 15) is 19.6 Å². The fourth-order valence-corrected chi connectivity index (χ4v) is 7.87. The molecule has 0 aliphatic rings. The van der Waals surface area contributed by atoms with Gasteiger partial charge in [-0.25, -0.2) is 9.68 Å². The minimum Gasteiger partial charge on any atom is -0.462 e. The molecule has 8 heteroatoms. The summed E-state index contributed by atoms with van der Waals surface area (Å²) in [5, 5.41) is 9.27. The van der Waals surface area contributed by atoms with Gasteiger partial charge in [0.05, 0.1) is 6.10 Å². The van der Waals surface area contributed by atoms with Gasteiger partial charge in [0, 0.05) is 18.9 Å². The lowest BCUT2D eigenvalue weighted by molar-refractivity contribution is -0.281. The van der Waals surface area contributed by atoms with Crippen LogP contribution in [0.1, 0.15) is 271 Å². The Hall–Kier alpha value is -2.71. The predicted octanol–water partition coefficient (Wildman–Crippen LogP) is 17.3. The van der Waals surface area contributed by atoms with E-state index in [0.29, 0.717) is 6.42 Å². The molecule has 0 aromatic rings. The first-order valence-corrected chi connectivity index (χ1v) is 27.4. The van der Waals surface area contributed by atoms with E-state index in [0.717, 1.165) is 103 Å². The number of carbonyl (C=O) groups is 3. The molecule has 2 unspecified atom stereocenters. The summed E-state index contributed by atoms with van der Waals surface area (Å²) in [6, 6.07) is 0. The monoisotopic (exact) mass is 915 g/mol. The van der Waals surface area contributed by atoms with E-state index >= 15 is 0 Å². The zero-order chi connectivity index (χ0) is 47.4. The van der Waals surface area contributed by atoms with Crippen molar-refractivity contribution in [1.29, 1.82) is 0 Å². The summed E-state index contributed by atoms with van der Waals surface area (Å²) in [6.45, 7) is 6.41. The van der Waals surface area contributed by atoms with Crippen LogP contribution in [0.25, 0.3) is 0 Å². The maximum atomic E-state index is 12.8. The lowest BCUT2D eigenvalue weighted by Gasteiger charge is -2.18. The first kappa shape index (κ1) is 62.3.